The van der Waals surface area contributed by atoms with Crippen LogP contribution in [0.15, 0.2) is 85.1 Å². The van der Waals surface area contributed by atoms with E-state index in [1.54, 1.807) is 24.3 Å². The Morgan fingerprint density at radius 3 is 2.21 bits per heavy atom. The number of para-hydroxylation sites is 1. The van der Waals surface area contributed by atoms with Crippen LogP contribution in [0.25, 0.3) is 22.6 Å². The molecule has 0 spiro atoms. The van der Waals surface area contributed by atoms with Crippen LogP contribution in [0.1, 0.15) is 20.7 Å². The number of halogens is 3. The summed E-state index contributed by atoms with van der Waals surface area (Å²) in [5.74, 6) is -4.32. The first kappa shape index (κ1) is 27.6. The second kappa shape index (κ2) is 10.9. The van der Waals surface area contributed by atoms with Gasteiger partial charge in [0.25, 0.3) is 5.91 Å². The van der Waals surface area contributed by atoms with E-state index in [0.29, 0.717) is 4.73 Å². The van der Waals surface area contributed by atoms with Gasteiger partial charge in [-0.3, -0.25) is 14.6 Å². The number of ether oxygens (including phenoxy) is 2. The molecule has 2 heterocycles. The zero-order valence-corrected chi connectivity index (χ0v) is 21.2. The van der Waals surface area contributed by atoms with E-state index in [9.17, 15) is 27.6 Å². The van der Waals surface area contributed by atoms with Crippen LogP contribution in [-0.4, -0.2) is 38.7 Å². The first-order valence-electron chi connectivity index (χ1n) is 11.9. The molecular weight excluding hydrogens is 559 g/mol. The summed E-state index contributed by atoms with van der Waals surface area (Å²) in [7, 11) is 0. The van der Waals surface area contributed by atoms with Crippen molar-refractivity contribution in [3.63, 3.8) is 0 Å². The maximum Gasteiger partial charge on any atom is 0.493 e. The standard InChI is InChI=1S/C28H18F3N5O6/c29-28(30,31)27(39)42-36-20-14-23(41-21-10-2-1-8-17(21)25(33)38)22(40-16-7-5-6-15(12-16)24(32)37)13-19(20)35-26(36)18-9-3-4-11-34-18/h1-14H,(H2,32,37)(H2,33,38). The van der Waals surface area contributed by atoms with Crippen molar-refractivity contribution >= 4 is 28.8 Å². The molecule has 11 nitrogen and oxygen atoms in total. The van der Waals surface area contributed by atoms with Gasteiger partial charge in [0.2, 0.25) is 5.91 Å². The molecule has 2 aromatic heterocycles. The average Bonchev–Trinajstić information content (AvgIpc) is 3.30. The van der Waals surface area contributed by atoms with Crippen molar-refractivity contribution in [1.29, 1.82) is 0 Å². The molecule has 3 aromatic carbocycles. The van der Waals surface area contributed by atoms with E-state index < -0.39 is 24.0 Å². The van der Waals surface area contributed by atoms with Crippen molar-refractivity contribution in [1.82, 2.24) is 14.7 Å². The number of hydrogen-bond acceptors (Lipinski definition) is 8. The van der Waals surface area contributed by atoms with Gasteiger partial charge in [0.05, 0.1) is 11.1 Å². The molecule has 0 saturated carbocycles. The highest BCUT2D eigenvalue weighted by Gasteiger charge is 2.42. The third kappa shape index (κ3) is 5.67. The molecule has 42 heavy (non-hydrogen) atoms. The maximum atomic E-state index is 13.2. The zero-order valence-electron chi connectivity index (χ0n) is 21.2. The number of nitrogens with zero attached hydrogens (tertiary/aromatic N) is 3. The number of primary amides is 2. The number of nitrogens with two attached hydrogens (primary N) is 2. The van der Waals surface area contributed by atoms with Gasteiger partial charge < -0.3 is 25.8 Å². The lowest BCUT2D eigenvalue weighted by molar-refractivity contribution is -0.199. The Hall–Kier alpha value is -5.92. The van der Waals surface area contributed by atoms with E-state index in [1.807, 2.05) is 0 Å². The first-order valence-corrected chi connectivity index (χ1v) is 11.9. The molecule has 0 aliphatic carbocycles. The van der Waals surface area contributed by atoms with Gasteiger partial charge in [-0.25, -0.2) is 9.78 Å². The lowest BCUT2D eigenvalue weighted by Gasteiger charge is -2.15. The molecule has 2 amide bonds. The van der Waals surface area contributed by atoms with E-state index in [-0.39, 0.29) is 56.7 Å². The number of fused-ring (bicyclic) bond motifs is 1. The van der Waals surface area contributed by atoms with E-state index >= 15 is 0 Å². The molecular formula is C28H18F3N5O6. The molecule has 0 bridgehead atoms. The predicted molar refractivity (Wildman–Crippen MR) is 141 cm³/mol. The van der Waals surface area contributed by atoms with Crippen LogP contribution >= 0.6 is 0 Å². The number of carbonyl (C=O) groups is 3. The van der Waals surface area contributed by atoms with Crippen molar-refractivity contribution < 1.29 is 41.9 Å². The summed E-state index contributed by atoms with van der Waals surface area (Å²) >= 11 is 0. The molecule has 0 radical (unpaired) electrons. The van der Waals surface area contributed by atoms with Crippen molar-refractivity contribution in [2.75, 3.05) is 0 Å². The number of hydrogen-bond donors (Lipinski definition) is 2. The Morgan fingerprint density at radius 1 is 0.786 bits per heavy atom. The molecule has 14 heteroatoms. The second-order valence-electron chi connectivity index (χ2n) is 8.57. The molecule has 0 fully saturated rings. The fourth-order valence-corrected chi connectivity index (χ4v) is 3.82. The molecule has 0 aliphatic heterocycles. The topological polar surface area (TPSA) is 162 Å². The number of benzene rings is 3. The summed E-state index contributed by atoms with van der Waals surface area (Å²) in [5.41, 5.74) is 10.9. The minimum atomic E-state index is -5.33. The van der Waals surface area contributed by atoms with Crippen molar-refractivity contribution in [3.8, 4) is 34.5 Å². The largest absolute Gasteiger partial charge is 0.493 e. The average molecular weight is 577 g/mol. The zero-order chi connectivity index (χ0) is 30.0. The fraction of sp³-hybridized carbons (Fsp3) is 0.0357. The van der Waals surface area contributed by atoms with E-state index in [2.05, 4.69) is 9.97 Å². The highest BCUT2D eigenvalue weighted by Crippen LogP contribution is 2.40. The smallest absolute Gasteiger partial charge is 0.453 e. The number of alkyl halides is 3. The first-order chi connectivity index (χ1) is 20.0. The highest BCUT2D eigenvalue weighted by atomic mass is 19.4. The quantitative estimate of drug-likeness (QED) is 0.274. The normalized spacial score (nSPS) is 11.2. The van der Waals surface area contributed by atoms with Gasteiger partial charge in [0.1, 0.15) is 22.7 Å². The van der Waals surface area contributed by atoms with Gasteiger partial charge in [0, 0.05) is 23.9 Å². The summed E-state index contributed by atoms with van der Waals surface area (Å²) in [6.45, 7) is 0. The number of pyridine rings is 1. The monoisotopic (exact) mass is 577 g/mol. The maximum absolute atomic E-state index is 13.2. The van der Waals surface area contributed by atoms with E-state index in [0.717, 1.165) is 0 Å². The molecule has 4 N–H and O–H groups in total. The number of rotatable bonds is 8. The van der Waals surface area contributed by atoms with Gasteiger partial charge in [-0.05, 0) is 42.5 Å². The predicted octanol–water partition coefficient (Wildman–Crippen LogP) is 4.40. The van der Waals surface area contributed by atoms with E-state index in [1.165, 1.54) is 60.8 Å². The minimum Gasteiger partial charge on any atom is -0.453 e. The fourth-order valence-electron chi connectivity index (χ4n) is 3.82. The molecule has 0 atom stereocenters. The lowest BCUT2D eigenvalue weighted by atomic mass is 10.2. The summed E-state index contributed by atoms with van der Waals surface area (Å²) in [5, 5.41) is 0. The van der Waals surface area contributed by atoms with Gasteiger partial charge in [-0.15, -0.1) is 0 Å². The lowest BCUT2D eigenvalue weighted by Crippen LogP contribution is -2.33. The van der Waals surface area contributed by atoms with Gasteiger partial charge in [0.15, 0.2) is 17.3 Å². The van der Waals surface area contributed by atoms with E-state index in [4.69, 9.17) is 25.8 Å². The molecule has 5 rings (SSSR count). The SMILES string of the molecule is NC(=O)c1cccc(Oc2cc3nc(-c4ccccn4)n(OC(=O)C(F)(F)F)c3cc2Oc2ccccc2C(N)=O)c1. The Balaban J connectivity index is 1.72. The number of carbonyl (C=O) groups excluding carboxylic acids is 3. The van der Waals surface area contributed by atoms with Crippen LogP contribution in [0.2, 0.25) is 0 Å². The number of amides is 2. The Morgan fingerprint density at radius 2 is 1.52 bits per heavy atom. The van der Waals surface area contributed by atoms with Crippen LogP contribution < -0.4 is 25.8 Å². The Labute approximate surface area is 234 Å². The number of aromatic nitrogens is 3. The second-order valence-corrected chi connectivity index (χ2v) is 8.57. The molecule has 212 valence electrons. The summed E-state index contributed by atoms with van der Waals surface area (Å²) in [6.07, 6.45) is -3.95. The third-order valence-corrected chi connectivity index (χ3v) is 5.70. The summed E-state index contributed by atoms with van der Waals surface area (Å²) in [4.78, 5) is 48.7. The summed E-state index contributed by atoms with van der Waals surface area (Å²) in [6, 6.07) is 18.9. The Bertz CT molecular complexity index is 1840. The number of imidazole rings is 1. The molecule has 5 aromatic rings. The van der Waals surface area contributed by atoms with Crippen LogP contribution in [0.3, 0.4) is 0 Å². The Kier molecular flexibility index (Phi) is 7.19. The van der Waals surface area contributed by atoms with Crippen LogP contribution in [-0.2, 0) is 4.79 Å². The van der Waals surface area contributed by atoms with Crippen LogP contribution in [0.5, 0.6) is 23.0 Å². The molecule has 0 aliphatic rings. The van der Waals surface area contributed by atoms with Gasteiger partial charge in [-0.1, -0.05) is 24.3 Å². The van der Waals surface area contributed by atoms with Crippen LogP contribution in [0, 0.1) is 0 Å². The molecule has 0 saturated heterocycles. The molecule has 0 unspecified atom stereocenters. The van der Waals surface area contributed by atoms with Crippen molar-refractivity contribution in [2.45, 2.75) is 6.18 Å². The minimum absolute atomic E-state index is 0.00884. The van der Waals surface area contributed by atoms with Gasteiger partial charge in [-0.2, -0.15) is 17.9 Å². The third-order valence-electron chi connectivity index (χ3n) is 5.70. The summed E-state index contributed by atoms with van der Waals surface area (Å²) < 4.78 is 52.1. The van der Waals surface area contributed by atoms with Crippen molar-refractivity contribution in [3.05, 3.63) is 96.2 Å². The van der Waals surface area contributed by atoms with Gasteiger partial charge >= 0.3 is 12.1 Å². The van der Waals surface area contributed by atoms with Crippen molar-refractivity contribution in [2.24, 2.45) is 11.5 Å². The van der Waals surface area contributed by atoms with Crippen LogP contribution in [0.4, 0.5) is 13.2 Å². The highest BCUT2D eigenvalue weighted by molar-refractivity contribution is 5.96.